The van der Waals surface area contributed by atoms with E-state index in [1.165, 1.54) is 0 Å². The van der Waals surface area contributed by atoms with Gasteiger partial charge in [-0.05, 0) is 52.5 Å². The van der Waals surface area contributed by atoms with Crippen molar-refractivity contribution < 1.29 is 0 Å². The summed E-state index contributed by atoms with van der Waals surface area (Å²) in [5.74, 6) is 0. The largest absolute Gasteiger partial charge is 0.345 e. The van der Waals surface area contributed by atoms with E-state index in [4.69, 9.17) is 5.73 Å². The topological polar surface area (TPSA) is 54.7 Å². The van der Waals surface area contributed by atoms with Gasteiger partial charge in [-0.15, -0.1) is 0 Å². The van der Waals surface area contributed by atoms with Gasteiger partial charge in [-0.2, -0.15) is 0 Å². The molecular weight excluding hydrogens is 314 g/mol. The highest BCUT2D eigenvalue weighted by Crippen LogP contribution is 2.33. The first-order chi connectivity index (χ1) is 9.47. The maximum absolute atomic E-state index is 6.12. The zero-order chi connectivity index (χ0) is 14.3. The standard InChI is InChI=1S/C16H16BrN3/c1-16(2,18)11-5-3-10(4-6-11)12-7-8-19-15-14(12)13(17)9-20-15/h3-9H,18H2,1-2H3,(H,19,20). The van der Waals surface area contributed by atoms with Crippen LogP contribution >= 0.6 is 15.9 Å². The normalized spacial score (nSPS) is 12.0. The first-order valence-corrected chi connectivity index (χ1v) is 7.27. The first-order valence-electron chi connectivity index (χ1n) is 6.48. The number of rotatable bonds is 2. The zero-order valence-electron chi connectivity index (χ0n) is 11.4. The van der Waals surface area contributed by atoms with Gasteiger partial charge in [-0.1, -0.05) is 24.3 Å². The zero-order valence-corrected chi connectivity index (χ0v) is 13.0. The predicted molar refractivity (Wildman–Crippen MR) is 86.4 cm³/mol. The summed E-state index contributed by atoms with van der Waals surface area (Å²) in [7, 11) is 0. The molecule has 0 unspecified atom stereocenters. The van der Waals surface area contributed by atoms with Crippen LogP contribution in [0.1, 0.15) is 19.4 Å². The molecule has 0 aliphatic carbocycles. The van der Waals surface area contributed by atoms with E-state index in [-0.39, 0.29) is 5.54 Å². The maximum atomic E-state index is 6.12. The molecule has 0 fully saturated rings. The molecule has 3 rings (SSSR count). The maximum Gasteiger partial charge on any atom is 0.139 e. The van der Waals surface area contributed by atoms with Gasteiger partial charge >= 0.3 is 0 Å². The third kappa shape index (κ3) is 2.25. The van der Waals surface area contributed by atoms with Crippen LogP contribution < -0.4 is 5.73 Å². The summed E-state index contributed by atoms with van der Waals surface area (Å²) in [5, 5.41) is 1.10. The highest BCUT2D eigenvalue weighted by molar-refractivity contribution is 9.10. The molecule has 0 amide bonds. The predicted octanol–water partition coefficient (Wildman–Crippen LogP) is 4.19. The van der Waals surface area contributed by atoms with Crippen molar-refractivity contribution in [3.63, 3.8) is 0 Å². The van der Waals surface area contributed by atoms with Crippen molar-refractivity contribution in [2.24, 2.45) is 5.73 Å². The van der Waals surface area contributed by atoms with Crippen LogP contribution in [0.5, 0.6) is 0 Å². The van der Waals surface area contributed by atoms with E-state index in [1.54, 1.807) is 0 Å². The Morgan fingerprint density at radius 2 is 1.85 bits per heavy atom. The van der Waals surface area contributed by atoms with Crippen molar-refractivity contribution in [3.8, 4) is 11.1 Å². The number of H-pyrrole nitrogens is 1. The van der Waals surface area contributed by atoms with Gasteiger partial charge in [-0.25, -0.2) is 4.98 Å². The quantitative estimate of drug-likeness (QED) is 0.740. The highest BCUT2D eigenvalue weighted by Gasteiger charge is 2.14. The number of benzene rings is 1. The van der Waals surface area contributed by atoms with E-state index >= 15 is 0 Å². The molecule has 0 radical (unpaired) electrons. The van der Waals surface area contributed by atoms with Crippen LogP contribution in [0.15, 0.2) is 47.2 Å². The van der Waals surface area contributed by atoms with Crippen LogP contribution in [0.2, 0.25) is 0 Å². The van der Waals surface area contributed by atoms with Crippen LogP contribution in [0.4, 0.5) is 0 Å². The molecule has 0 saturated heterocycles. The molecule has 0 spiro atoms. The number of nitrogens with one attached hydrogen (secondary N) is 1. The van der Waals surface area contributed by atoms with Crippen LogP contribution in [0.3, 0.4) is 0 Å². The van der Waals surface area contributed by atoms with Crippen LogP contribution in [0, 0.1) is 0 Å². The Kier molecular flexibility index (Phi) is 3.15. The van der Waals surface area contributed by atoms with Crippen molar-refractivity contribution >= 4 is 27.0 Å². The van der Waals surface area contributed by atoms with Crippen molar-refractivity contribution in [2.45, 2.75) is 19.4 Å². The minimum atomic E-state index is -0.319. The van der Waals surface area contributed by atoms with E-state index in [0.717, 1.165) is 32.2 Å². The Balaban J connectivity index is 2.14. The summed E-state index contributed by atoms with van der Waals surface area (Å²) in [5.41, 5.74) is 10.1. The number of pyridine rings is 1. The fourth-order valence-electron chi connectivity index (χ4n) is 2.34. The molecule has 3 aromatic rings. The minimum absolute atomic E-state index is 0.319. The molecule has 3 nitrogen and oxygen atoms in total. The molecule has 20 heavy (non-hydrogen) atoms. The van der Waals surface area contributed by atoms with E-state index in [9.17, 15) is 0 Å². The number of aromatic nitrogens is 2. The molecular formula is C16H16BrN3. The fraction of sp³-hybridized carbons (Fsp3) is 0.188. The summed E-state index contributed by atoms with van der Waals surface area (Å²) in [6.45, 7) is 4.02. The lowest BCUT2D eigenvalue weighted by Crippen LogP contribution is -2.28. The van der Waals surface area contributed by atoms with Crippen molar-refractivity contribution in [2.75, 3.05) is 0 Å². The lowest BCUT2D eigenvalue weighted by molar-refractivity contribution is 0.554. The lowest BCUT2D eigenvalue weighted by Gasteiger charge is -2.19. The van der Waals surface area contributed by atoms with Crippen molar-refractivity contribution in [3.05, 3.63) is 52.8 Å². The van der Waals surface area contributed by atoms with Gasteiger partial charge in [0.15, 0.2) is 0 Å². The van der Waals surface area contributed by atoms with Gasteiger partial charge < -0.3 is 10.7 Å². The van der Waals surface area contributed by atoms with E-state index in [1.807, 2.05) is 32.3 Å². The fourth-order valence-corrected chi connectivity index (χ4v) is 2.85. The number of hydrogen-bond donors (Lipinski definition) is 2. The van der Waals surface area contributed by atoms with Gasteiger partial charge in [0.05, 0.1) is 0 Å². The first kappa shape index (κ1) is 13.3. The molecule has 2 heterocycles. The van der Waals surface area contributed by atoms with Gasteiger partial charge in [0.1, 0.15) is 5.65 Å². The number of fused-ring (bicyclic) bond motifs is 1. The number of aromatic amines is 1. The van der Waals surface area contributed by atoms with E-state index < -0.39 is 0 Å². The second kappa shape index (κ2) is 4.72. The highest BCUT2D eigenvalue weighted by atomic mass is 79.9. The Hall–Kier alpha value is -1.65. The van der Waals surface area contributed by atoms with Gasteiger partial charge in [-0.3, -0.25) is 0 Å². The molecule has 4 heteroatoms. The molecule has 1 aromatic carbocycles. The Morgan fingerprint density at radius 1 is 1.15 bits per heavy atom. The molecule has 0 bridgehead atoms. The molecule has 2 aromatic heterocycles. The summed E-state index contributed by atoms with van der Waals surface area (Å²) in [6, 6.07) is 10.4. The molecule has 3 N–H and O–H groups in total. The van der Waals surface area contributed by atoms with E-state index in [2.05, 4.69) is 50.2 Å². The van der Waals surface area contributed by atoms with Crippen LogP contribution in [0.25, 0.3) is 22.2 Å². The Labute approximate surface area is 126 Å². The minimum Gasteiger partial charge on any atom is -0.345 e. The molecule has 0 atom stereocenters. The SMILES string of the molecule is CC(C)(N)c1ccc(-c2ccnc3[nH]cc(Br)c23)cc1. The third-order valence-corrected chi connectivity index (χ3v) is 4.09. The molecule has 0 aliphatic rings. The number of hydrogen-bond acceptors (Lipinski definition) is 2. The van der Waals surface area contributed by atoms with Crippen LogP contribution in [-0.4, -0.2) is 9.97 Å². The Bertz CT molecular complexity index is 751. The Morgan fingerprint density at radius 3 is 2.50 bits per heavy atom. The summed E-state index contributed by atoms with van der Waals surface area (Å²) in [6.07, 6.45) is 3.74. The molecule has 102 valence electrons. The van der Waals surface area contributed by atoms with Gasteiger partial charge in [0.25, 0.3) is 0 Å². The second-order valence-electron chi connectivity index (χ2n) is 5.52. The van der Waals surface area contributed by atoms with E-state index in [0.29, 0.717) is 0 Å². The number of nitrogens with zero attached hydrogens (tertiary/aromatic N) is 1. The average Bonchev–Trinajstić information content (AvgIpc) is 2.80. The van der Waals surface area contributed by atoms with Gasteiger partial charge in [0.2, 0.25) is 0 Å². The monoisotopic (exact) mass is 329 g/mol. The smallest absolute Gasteiger partial charge is 0.139 e. The molecule has 0 saturated carbocycles. The lowest BCUT2D eigenvalue weighted by atomic mass is 9.93. The summed E-state index contributed by atoms with van der Waals surface area (Å²) < 4.78 is 1.03. The third-order valence-electron chi connectivity index (χ3n) is 3.47. The number of nitrogens with two attached hydrogens (primary N) is 1. The number of halogens is 1. The second-order valence-corrected chi connectivity index (χ2v) is 6.37. The summed E-state index contributed by atoms with van der Waals surface area (Å²) in [4.78, 5) is 7.50. The average molecular weight is 330 g/mol. The summed E-state index contributed by atoms with van der Waals surface area (Å²) >= 11 is 3.57. The molecule has 0 aliphatic heterocycles. The van der Waals surface area contributed by atoms with Crippen molar-refractivity contribution in [1.82, 2.24) is 9.97 Å². The van der Waals surface area contributed by atoms with Crippen LogP contribution in [-0.2, 0) is 5.54 Å². The van der Waals surface area contributed by atoms with Gasteiger partial charge in [0, 0.05) is 27.8 Å². The van der Waals surface area contributed by atoms with Crippen molar-refractivity contribution in [1.29, 1.82) is 0 Å².